The van der Waals surface area contributed by atoms with Gasteiger partial charge in [-0.2, -0.15) is 0 Å². The molecule has 0 bridgehead atoms. The molecule has 0 saturated heterocycles. The van der Waals surface area contributed by atoms with Crippen LogP contribution in [0.4, 0.5) is 0 Å². The van der Waals surface area contributed by atoms with Crippen LogP contribution in [0.3, 0.4) is 0 Å². The number of methoxy groups -OCH3 is 2. The standard InChI is InChI=1S/C26H52N4O4/c1-33-25(31)14-16-27-18-21-30(22-19-28-17-15-26(32)34-2)23-20-29-24-12-10-8-6-4-3-5-7-9-11-13-24/h24,27-29H,3-23H2,1-2H3. The van der Waals surface area contributed by atoms with E-state index < -0.39 is 0 Å². The Kier molecular flexibility index (Phi) is 20.2. The Morgan fingerprint density at radius 3 is 1.50 bits per heavy atom. The third-order valence-corrected chi connectivity index (χ3v) is 6.64. The van der Waals surface area contributed by atoms with Crippen molar-refractivity contribution in [2.45, 2.75) is 89.5 Å². The van der Waals surface area contributed by atoms with Gasteiger partial charge in [-0.3, -0.25) is 14.5 Å². The van der Waals surface area contributed by atoms with Crippen LogP contribution in [0.1, 0.15) is 83.5 Å². The molecule has 3 N–H and O–H groups in total. The summed E-state index contributed by atoms with van der Waals surface area (Å²) in [6.07, 6.45) is 15.9. The van der Waals surface area contributed by atoms with Crippen molar-refractivity contribution in [3.05, 3.63) is 0 Å². The average molecular weight is 485 g/mol. The van der Waals surface area contributed by atoms with Crippen molar-refractivity contribution in [3.63, 3.8) is 0 Å². The molecule has 1 saturated carbocycles. The minimum Gasteiger partial charge on any atom is -0.469 e. The molecule has 1 aliphatic carbocycles. The quantitative estimate of drug-likeness (QED) is 0.228. The van der Waals surface area contributed by atoms with Crippen molar-refractivity contribution in [2.75, 3.05) is 66.6 Å². The zero-order valence-electron chi connectivity index (χ0n) is 22.0. The lowest BCUT2D eigenvalue weighted by atomic mass is 9.98. The summed E-state index contributed by atoms with van der Waals surface area (Å²) in [5.74, 6) is -0.360. The number of carbonyl (C=O) groups excluding carboxylic acids is 2. The van der Waals surface area contributed by atoms with Gasteiger partial charge in [0, 0.05) is 58.4 Å². The second-order valence-electron chi connectivity index (χ2n) is 9.40. The van der Waals surface area contributed by atoms with Gasteiger partial charge in [0.05, 0.1) is 27.1 Å². The summed E-state index contributed by atoms with van der Waals surface area (Å²) >= 11 is 0. The molecule has 8 heteroatoms. The van der Waals surface area contributed by atoms with Gasteiger partial charge in [0.25, 0.3) is 0 Å². The number of hydrogen-bond acceptors (Lipinski definition) is 8. The smallest absolute Gasteiger partial charge is 0.306 e. The monoisotopic (exact) mass is 484 g/mol. The van der Waals surface area contributed by atoms with Gasteiger partial charge < -0.3 is 25.4 Å². The van der Waals surface area contributed by atoms with E-state index >= 15 is 0 Å². The molecule has 0 aromatic heterocycles. The highest BCUT2D eigenvalue weighted by molar-refractivity contribution is 5.69. The van der Waals surface area contributed by atoms with Gasteiger partial charge >= 0.3 is 11.9 Å². The van der Waals surface area contributed by atoms with Crippen LogP contribution in [0.25, 0.3) is 0 Å². The number of nitrogens with one attached hydrogen (secondary N) is 3. The van der Waals surface area contributed by atoms with Crippen molar-refractivity contribution in [1.82, 2.24) is 20.9 Å². The van der Waals surface area contributed by atoms with E-state index in [2.05, 4.69) is 20.9 Å². The van der Waals surface area contributed by atoms with Crippen LogP contribution < -0.4 is 16.0 Å². The van der Waals surface area contributed by atoms with Gasteiger partial charge in [-0.15, -0.1) is 0 Å². The van der Waals surface area contributed by atoms with Crippen molar-refractivity contribution in [3.8, 4) is 0 Å². The SMILES string of the molecule is COC(=O)CCNCCN(CCNCCC(=O)OC)CCNC1CCCCCCCCCCC1. The highest BCUT2D eigenvalue weighted by Crippen LogP contribution is 2.16. The molecule has 0 radical (unpaired) electrons. The molecule has 0 atom stereocenters. The van der Waals surface area contributed by atoms with E-state index in [0.29, 0.717) is 32.0 Å². The summed E-state index contributed by atoms with van der Waals surface area (Å²) in [5.41, 5.74) is 0. The van der Waals surface area contributed by atoms with Crippen LogP contribution >= 0.6 is 0 Å². The molecular weight excluding hydrogens is 432 g/mol. The Morgan fingerprint density at radius 1 is 0.647 bits per heavy atom. The fraction of sp³-hybridized carbons (Fsp3) is 0.923. The molecule has 0 heterocycles. The van der Waals surface area contributed by atoms with Crippen LogP contribution in [0.2, 0.25) is 0 Å². The average Bonchev–Trinajstić information content (AvgIpc) is 2.84. The second kappa shape index (κ2) is 22.3. The van der Waals surface area contributed by atoms with E-state index in [4.69, 9.17) is 9.47 Å². The molecule has 0 amide bonds. The Balaban J connectivity index is 2.36. The summed E-state index contributed by atoms with van der Waals surface area (Å²) < 4.78 is 9.39. The van der Waals surface area contributed by atoms with Gasteiger partial charge in [-0.1, -0.05) is 57.8 Å². The zero-order chi connectivity index (χ0) is 24.7. The van der Waals surface area contributed by atoms with Crippen LogP contribution in [0.15, 0.2) is 0 Å². The van der Waals surface area contributed by atoms with E-state index in [9.17, 15) is 9.59 Å². The van der Waals surface area contributed by atoms with Crippen molar-refractivity contribution in [2.24, 2.45) is 0 Å². The van der Waals surface area contributed by atoms with Gasteiger partial charge in [0.1, 0.15) is 0 Å². The normalized spacial score (nSPS) is 16.6. The summed E-state index contributed by atoms with van der Waals surface area (Å²) in [6.45, 7) is 6.78. The summed E-state index contributed by atoms with van der Waals surface area (Å²) in [6, 6.07) is 0.637. The molecule has 0 aromatic carbocycles. The van der Waals surface area contributed by atoms with Gasteiger partial charge in [0.2, 0.25) is 0 Å². The topological polar surface area (TPSA) is 91.9 Å². The summed E-state index contributed by atoms with van der Waals surface area (Å²) in [4.78, 5) is 25.0. The van der Waals surface area contributed by atoms with Crippen LogP contribution in [0.5, 0.6) is 0 Å². The van der Waals surface area contributed by atoms with E-state index in [1.165, 1.54) is 84.8 Å². The van der Waals surface area contributed by atoms with Gasteiger partial charge in [0.15, 0.2) is 0 Å². The molecule has 0 spiro atoms. The maximum Gasteiger partial charge on any atom is 0.306 e. The molecule has 1 aliphatic rings. The maximum atomic E-state index is 11.3. The first kappa shape index (κ1) is 30.8. The Bertz CT molecular complexity index is 469. The molecule has 1 rings (SSSR count). The van der Waals surface area contributed by atoms with Crippen LogP contribution in [-0.2, 0) is 19.1 Å². The zero-order valence-corrected chi connectivity index (χ0v) is 22.0. The van der Waals surface area contributed by atoms with Crippen LogP contribution in [0, 0.1) is 0 Å². The molecule has 1 fully saturated rings. The van der Waals surface area contributed by atoms with Crippen molar-refractivity contribution >= 4 is 11.9 Å². The minimum atomic E-state index is -0.180. The lowest BCUT2D eigenvalue weighted by molar-refractivity contribution is -0.141. The first-order valence-electron chi connectivity index (χ1n) is 13.7. The van der Waals surface area contributed by atoms with Crippen molar-refractivity contribution < 1.29 is 19.1 Å². The Morgan fingerprint density at radius 2 is 1.06 bits per heavy atom. The van der Waals surface area contributed by atoms with E-state index in [1.54, 1.807) is 0 Å². The predicted molar refractivity (Wildman–Crippen MR) is 138 cm³/mol. The summed E-state index contributed by atoms with van der Waals surface area (Å²) in [7, 11) is 2.85. The van der Waals surface area contributed by atoms with Gasteiger partial charge in [-0.25, -0.2) is 0 Å². The third-order valence-electron chi connectivity index (χ3n) is 6.64. The largest absolute Gasteiger partial charge is 0.469 e. The maximum absolute atomic E-state index is 11.3. The lowest BCUT2D eigenvalue weighted by Gasteiger charge is -2.25. The molecule has 0 aromatic rings. The Hall–Kier alpha value is -1.22. The number of esters is 2. The van der Waals surface area contributed by atoms with Crippen molar-refractivity contribution in [1.29, 1.82) is 0 Å². The van der Waals surface area contributed by atoms with Crippen LogP contribution in [-0.4, -0.2) is 89.5 Å². The predicted octanol–water partition coefficient (Wildman–Crippen LogP) is 2.86. The summed E-state index contributed by atoms with van der Waals surface area (Å²) in [5, 5.41) is 10.5. The van der Waals surface area contributed by atoms with E-state index in [1.807, 2.05) is 0 Å². The van der Waals surface area contributed by atoms with E-state index in [-0.39, 0.29) is 11.9 Å². The molecule has 0 unspecified atom stereocenters. The molecule has 0 aliphatic heterocycles. The molecule has 34 heavy (non-hydrogen) atoms. The number of rotatable bonds is 16. The van der Waals surface area contributed by atoms with E-state index in [0.717, 1.165) is 39.3 Å². The fourth-order valence-electron chi connectivity index (χ4n) is 4.44. The number of carbonyl (C=O) groups is 2. The number of nitrogens with zero attached hydrogens (tertiary/aromatic N) is 1. The first-order valence-corrected chi connectivity index (χ1v) is 13.7. The fourth-order valence-corrected chi connectivity index (χ4v) is 4.44. The highest BCUT2D eigenvalue weighted by atomic mass is 16.5. The Labute approximate surface area is 208 Å². The first-order chi connectivity index (χ1) is 16.7. The number of ether oxygens (including phenoxy) is 2. The lowest BCUT2D eigenvalue weighted by Crippen LogP contribution is -2.42. The second-order valence-corrected chi connectivity index (χ2v) is 9.40. The third kappa shape index (κ3) is 18.2. The number of hydrogen-bond donors (Lipinski definition) is 3. The highest BCUT2D eigenvalue weighted by Gasteiger charge is 2.11. The molecule has 200 valence electrons. The molecular formula is C26H52N4O4. The minimum absolute atomic E-state index is 0.180. The van der Waals surface area contributed by atoms with Gasteiger partial charge in [-0.05, 0) is 12.8 Å². The molecule has 8 nitrogen and oxygen atoms in total.